The molecule has 6 heteroatoms. The van der Waals surface area contributed by atoms with Gasteiger partial charge in [0.2, 0.25) is 0 Å². The Kier molecular flexibility index (Phi) is 4.67. The highest BCUT2D eigenvalue weighted by atomic mass is 19.4. The second-order valence-electron chi connectivity index (χ2n) is 5.25. The Bertz CT molecular complexity index is 591. The normalized spacial score (nSPS) is 12.1. The van der Waals surface area contributed by atoms with Crippen LogP contribution >= 0.6 is 0 Å². The smallest absolute Gasteiger partial charge is 0.356 e. The summed E-state index contributed by atoms with van der Waals surface area (Å²) < 4.78 is 44.2. The van der Waals surface area contributed by atoms with Crippen LogP contribution in [0, 0.1) is 5.92 Å². The van der Waals surface area contributed by atoms with E-state index in [2.05, 4.69) is 24.3 Å². The molecule has 1 N–H and O–H groups in total. The molecule has 21 heavy (non-hydrogen) atoms. The van der Waals surface area contributed by atoms with E-state index in [1.54, 1.807) is 6.07 Å². The van der Waals surface area contributed by atoms with Crippen molar-refractivity contribution in [3.05, 3.63) is 41.6 Å². The highest BCUT2D eigenvalue weighted by molar-refractivity contribution is 5.65. The molecule has 1 heterocycles. The van der Waals surface area contributed by atoms with E-state index in [0.29, 0.717) is 18.0 Å². The topological polar surface area (TPSA) is 38.1 Å². The van der Waals surface area contributed by atoms with Gasteiger partial charge in [-0.2, -0.15) is 13.2 Å². The summed E-state index contributed by atoms with van der Waals surface area (Å²) in [7, 11) is 0. The van der Waals surface area contributed by atoms with Crippen LogP contribution in [-0.2, 0) is 12.7 Å². The number of halogens is 3. The summed E-state index contributed by atoms with van der Waals surface area (Å²) >= 11 is 0. The molecule has 1 aromatic carbocycles. The fourth-order valence-corrected chi connectivity index (χ4v) is 2.03. The van der Waals surface area contributed by atoms with Gasteiger partial charge in [0.05, 0.1) is 11.8 Å². The molecule has 0 saturated heterocycles. The molecule has 1 aromatic heterocycles. The molecule has 2 rings (SSSR count). The standard InChI is InChI=1S/C15H17F3N2O/c1-10(2)7-19-8-11-9-20-21-14(11)12-5-3-4-6-13(12)15(16,17)18/h3-6,9-10,19H,7-8H2,1-2H3. The number of rotatable bonds is 5. The van der Waals surface area contributed by atoms with Gasteiger partial charge in [0.1, 0.15) is 0 Å². The average Bonchev–Trinajstić information content (AvgIpc) is 2.85. The number of benzene rings is 1. The molecular weight excluding hydrogens is 281 g/mol. The highest BCUT2D eigenvalue weighted by Gasteiger charge is 2.34. The van der Waals surface area contributed by atoms with Crippen molar-refractivity contribution in [3.8, 4) is 11.3 Å². The van der Waals surface area contributed by atoms with Crippen molar-refractivity contribution in [2.45, 2.75) is 26.6 Å². The minimum absolute atomic E-state index is 0.0175. The minimum Gasteiger partial charge on any atom is -0.356 e. The number of aromatic nitrogens is 1. The number of hydrogen-bond acceptors (Lipinski definition) is 3. The van der Waals surface area contributed by atoms with Gasteiger partial charge in [-0.1, -0.05) is 37.2 Å². The van der Waals surface area contributed by atoms with Crippen molar-refractivity contribution < 1.29 is 17.7 Å². The van der Waals surface area contributed by atoms with Crippen LogP contribution in [0.3, 0.4) is 0 Å². The van der Waals surface area contributed by atoms with Crippen molar-refractivity contribution in [1.29, 1.82) is 0 Å². The zero-order valence-corrected chi connectivity index (χ0v) is 11.9. The van der Waals surface area contributed by atoms with Crippen LogP contribution < -0.4 is 5.32 Å². The Morgan fingerprint density at radius 1 is 1.24 bits per heavy atom. The van der Waals surface area contributed by atoms with Gasteiger partial charge in [-0.3, -0.25) is 0 Å². The van der Waals surface area contributed by atoms with Gasteiger partial charge in [0.15, 0.2) is 5.76 Å². The molecule has 0 spiro atoms. The van der Waals surface area contributed by atoms with Crippen molar-refractivity contribution in [2.24, 2.45) is 5.92 Å². The maximum Gasteiger partial charge on any atom is 0.417 e. The van der Waals surface area contributed by atoms with Crippen LogP contribution in [0.4, 0.5) is 13.2 Å². The summed E-state index contributed by atoms with van der Waals surface area (Å²) in [6, 6.07) is 5.36. The zero-order valence-electron chi connectivity index (χ0n) is 11.9. The van der Waals surface area contributed by atoms with Crippen molar-refractivity contribution in [2.75, 3.05) is 6.54 Å². The first-order chi connectivity index (χ1) is 9.89. The number of nitrogens with one attached hydrogen (secondary N) is 1. The first kappa shape index (κ1) is 15.6. The molecule has 0 bridgehead atoms. The third-order valence-electron chi connectivity index (χ3n) is 2.99. The third-order valence-corrected chi connectivity index (χ3v) is 2.99. The number of alkyl halides is 3. The zero-order chi connectivity index (χ0) is 15.5. The number of nitrogens with zero attached hydrogens (tertiary/aromatic N) is 1. The summed E-state index contributed by atoms with van der Waals surface area (Å²) in [4.78, 5) is 0. The maximum atomic E-state index is 13.1. The van der Waals surface area contributed by atoms with Gasteiger partial charge in [-0.15, -0.1) is 0 Å². The largest absolute Gasteiger partial charge is 0.417 e. The summed E-state index contributed by atoms with van der Waals surface area (Å²) in [5, 5.41) is 6.81. The molecule has 3 nitrogen and oxygen atoms in total. The van der Waals surface area contributed by atoms with Crippen LogP contribution in [0.1, 0.15) is 25.0 Å². The summed E-state index contributed by atoms with van der Waals surface area (Å²) in [6.07, 6.45) is -2.97. The van der Waals surface area contributed by atoms with Crippen LogP contribution in [0.5, 0.6) is 0 Å². The lowest BCUT2D eigenvalue weighted by Gasteiger charge is -2.12. The van der Waals surface area contributed by atoms with Crippen LogP contribution in [0.2, 0.25) is 0 Å². The molecule has 0 radical (unpaired) electrons. The second kappa shape index (κ2) is 6.30. The second-order valence-corrected chi connectivity index (χ2v) is 5.25. The van der Waals surface area contributed by atoms with Gasteiger partial charge in [0, 0.05) is 17.7 Å². The van der Waals surface area contributed by atoms with Crippen LogP contribution in [-0.4, -0.2) is 11.7 Å². The molecular formula is C15H17F3N2O. The Hall–Kier alpha value is -1.82. The minimum atomic E-state index is -4.42. The van der Waals surface area contributed by atoms with Gasteiger partial charge in [0.25, 0.3) is 0 Å². The summed E-state index contributed by atoms with van der Waals surface area (Å²) in [6.45, 7) is 5.30. The first-order valence-electron chi connectivity index (χ1n) is 6.70. The molecule has 0 unspecified atom stereocenters. The SMILES string of the molecule is CC(C)CNCc1cnoc1-c1ccccc1C(F)(F)F. The number of hydrogen-bond donors (Lipinski definition) is 1. The van der Waals surface area contributed by atoms with E-state index < -0.39 is 11.7 Å². The lowest BCUT2D eigenvalue weighted by atomic mass is 10.0. The molecule has 114 valence electrons. The van der Waals surface area contributed by atoms with E-state index in [-0.39, 0.29) is 11.3 Å². The predicted octanol–water partition coefficient (Wildman–Crippen LogP) is 4.11. The maximum absolute atomic E-state index is 13.1. The molecule has 2 aromatic rings. The molecule has 0 fully saturated rings. The Labute approximate surface area is 121 Å². The van der Waals surface area contributed by atoms with E-state index >= 15 is 0 Å². The molecule has 0 aliphatic heterocycles. The predicted molar refractivity (Wildman–Crippen MR) is 73.5 cm³/mol. The van der Waals surface area contributed by atoms with E-state index in [9.17, 15) is 13.2 Å². The van der Waals surface area contributed by atoms with E-state index in [1.807, 2.05) is 0 Å². The fraction of sp³-hybridized carbons (Fsp3) is 0.400. The van der Waals surface area contributed by atoms with Crippen molar-refractivity contribution in [3.63, 3.8) is 0 Å². The average molecular weight is 298 g/mol. The molecule has 0 aliphatic carbocycles. The van der Waals surface area contributed by atoms with Crippen LogP contribution in [0.25, 0.3) is 11.3 Å². The Balaban J connectivity index is 2.30. The van der Waals surface area contributed by atoms with E-state index in [0.717, 1.165) is 12.6 Å². The van der Waals surface area contributed by atoms with Gasteiger partial charge >= 0.3 is 6.18 Å². The first-order valence-corrected chi connectivity index (χ1v) is 6.70. The van der Waals surface area contributed by atoms with Crippen molar-refractivity contribution >= 4 is 0 Å². The third kappa shape index (κ3) is 3.85. The lowest BCUT2D eigenvalue weighted by Crippen LogP contribution is -2.19. The monoisotopic (exact) mass is 298 g/mol. The van der Waals surface area contributed by atoms with E-state index in [1.165, 1.54) is 18.3 Å². The van der Waals surface area contributed by atoms with Gasteiger partial charge in [-0.25, -0.2) is 0 Å². The molecule has 0 amide bonds. The highest BCUT2D eigenvalue weighted by Crippen LogP contribution is 2.37. The van der Waals surface area contributed by atoms with Crippen LogP contribution in [0.15, 0.2) is 35.0 Å². The van der Waals surface area contributed by atoms with Gasteiger partial charge < -0.3 is 9.84 Å². The van der Waals surface area contributed by atoms with Crippen molar-refractivity contribution in [1.82, 2.24) is 10.5 Å². The summed E-state index contributed by atoms with van der Waals surface area (Å²) in [5.74, 6) is 0.620. The Morgan fingerprint density at radius 3 is 2.62 bits per heavy atom. The van der Waals surface area contributed by atoms with E-state index in [4.69, 9.17) is 4.52 Å². The summed E-state index contributed by atoms with van der Waals surface area (Å²) in [5.41, 5.74) is -0.0805. The quantitative estimate of drug-likeness (QED) is 0.903. The fourth-order valence-electron chi connectivity index (χ4n) is 2.03. The Morgan fingerprint density at radius 2 is 1.95 bits per heavy atom. The molecule has 0 aliphatic rings. The molecule has 0 saturated carbocycles. The lowest BCUT2D eigenvalue weighted by molar-refractivity contribution is -0.137. The van der Waals surface area contributed by atoms with Gasteiger partial charge in [-0.05, 0) is 18.5 Å². The molecule has 0 atom stereocenters.